The van der Waals surface area contributed by atoms with Crippen LogP contribution in [-0.2, 0) is 11.5 Å². The molecule has 0 saturated heterocycles. The third kappa shape index (κ3) is 4.77. The minimum Gasteiger partial charge on any atom is -0.360 e. The van der Waals surface area contributed by atoms with Crippen molar-refractivity contribution in [2.24, 2.45) is 0 Å². The van der Waals surface area contributed by atoms with Crippen LogP contribution in [0.5, 0.6) is 0 Å². The number of benzene rings is 1. The van der Waals surface area contributed by atoms with E-state index in [1.54, 1.807) is 6.07 Å². The number of hydrogen-bond acceptors (Lipinski definition) is 3. The molecule has 6 heteroatoms. The Labute approximate surface area is 147 Å². The molecule has 0 N–H and O–H groups in total. The van der Waals surface area contributed by atoms with Crippen molar-refractivity contribution in [2.45, 2.75) is 39.3 Å². The van der Waals surface area contributed by atoms with Crippen LogP contribution in [0.4, 0.5) is 0 Å². The molecule has 23 heavy (non-hydrogen) atoms. The number of hydrogen-bond donors (Lipinski definition) is 0. The molecule has 122 valence electrons. The maximum Gasteiger partial charge on any atom is 0.140 e. The Kier molecular flexibility index (Phi) is 5.79. The fraction of sp³-hybridized carbons (Fsp3) is 0.412. The second-order valence-corrected chi connectivity index (χ2v) is 13.3. The van der Waals surface area contributed by atoms with Gasteiger partial charge in [0.15, 0.2) is 0 Å². The summed E-state index contributed by atoms with van der Waals surface area (Å²) in [5.74, 6) is 0. The molecule has 0 aliphatic rings. The van der Waals surface area contributed by atoms with E-state index in [-0.39, 0.29) is 0 Å². The van der Waals surface area contributed by atoms with Crippen LogP contribution in [0.3, 0.4) is 0 Å². The molecule has 1 aromatic carbocycles. The smallest absolute Gasteiger partial charge is 0.140 e. The molecule has 0 radical (unpaired) electrons. The largest absolute Gasteiger partial charge is 0.360 e. The van der Waals surface area contributed by atoms with E-state index < -0.39 is 8.07 Å². The van der Waals surface area contributed by atoms with Crippen molar-refractivity contribution in [3.05, 3.63) is 40.0 Å². The van der Waals surface area contributed by atoms with E-state index in [2.05, 4.69) is 46.7 Å². The molecule has 1 aromatic heterocycles. The van der Waals surface area contributed by atoms with Crippen molar-refractivity contribution in [1.82, 2.24) is 9.78 Å². The van der Waals surface area contributed by atoms with E-state index >= 15 is 0 Å². The van der Waals surface area contributed by atoms with Crippen LogP contribution in [-0.4, -0.2) is 24.5 Å². The number of halogens is 1. The zero-order valence-corrected chi connectivity index (χ0v) is 16.6. The van der Waals surface area contributed by atoms with Gasteiger partial charge in [-0.3, -0.25) is 0 Å². The van der Waals surface area contributed by atoms with Gasteiger partial charge in [-0.1, -0.05) is 35.6 Å². The lowest BCUT2D eigenvalue weighted by molar-refractivity contribution is 0.0797. The number of aromatic nitrogens is 2. The van der Waals surface area contributed by atoms with Crippen LogP contribution < -0.4 is 0 Å². The first-order valence-corrected chi connectivity index (χ1v) is 12.1. The Morgan fingerprint density at radius 3 is 2.74 bits per heavy atom. The van der Waals surface area contributed by atoms with Gasteiger partial charge in [-0.25, -0.2) is 4.68 Å². The van der Waals surface area contributed by atoms with Gasteiger partial charge >= 0.3 is 0 Å². The molecule has 0 amide bonds. The second kappa shape index (κ2) is 7.43. The first kappa shape index (κ1) is 17.9. The van der Waals surface area contributed by atoms with Gasteiger partial charge in [0, 0.05) is 24.7 Å². The van der Waals surface area contributed by atoms with Crippen molar-refractivity contribution in [1.29, 1.82) is 5.26 Å². The Morgan fingerprint density at radius 1 is 1.35 bits per heavy atom. The second-order valence-electron chi connectivity index (χ2n) is 6.83. The number of rotatable bonds is 6. The van der Waals surface area contributed by atoms with Crippen molar-refractivity contribution in [3.63, 3.8) is 0 Å². The molecule has 1 heterocycles. The predicted octanol–water partition coefficient (Wildman–Crippen LogP) is 4.81. The van der Waals surface area contributed by atoms with Crippen LogP contribution >= 0.6 is 15.9 Å². The zero-order chi connectivity index (χ0) is 17.0. The third-order valence-corrected chi connectivity index (χ3v) is 5.98. The normalized spacial score (nSPS) is 11.5. The predicted molar refractivity (Wildman–Crippen MR) is 98.9 cm³/mol. The summed E-state index contributed by atoms with van der Waals surface area (Å²) in [6.45, 7) is 10.2. The molecule has 2 rings (SSSR count). The summed E-state index contributed by atoms with van der Waals surface area (Å²) in [5, 5.41) is 13.6. The monoisotopic (exact) mass is 391 g/mol. The molecular formula is C17H22BrN3OSi. The topological polar surface area (TPSA) is 50.8 Å². The van der Waals surface area contributed by atoms with Gasteiger partial charge in [-0.2, -0.15) is 10.4 Å². The van der Waals surface area contributed by atoms with Crippen molar-refractivity contribution in [3.8, 4) is 17.3 Å². The SMILES string of the molecule is Cc1cnn(COCC[Si](C)(C)C)c1-c1cc(C#N)ccc1Br. The molecule has 0 bridgehead atoms. The summed E-state index contributed by atoms with van der Waals surface area (Å²) in [4.78, 5) is 0. The lowest BCUT2D eigenvalue weighted by Gasteiger charge is -2.16. The average Bonchev–Trinajstić information content (AvgIpc) is 2.84. The number of aryl methyl sites for hydroxylation is 1. The standard InChI is InChI=1S/C17H22BrN3OSi/c1-13-11-20-21(12-22-7-8-23(2,3)4)17(13)15-9-14(10-19)5-6-16(15)18/h5-6,9,11H,7-8,12H2,1-4H3. The molecule has 0 atom stereocenters. The minimum atomic E-state index is -1.09. The highest BCUT2D eigenvalue weighted by atomic mass is 79.9. The fourth-order valence-electron chi connectivity index (χ4n) is 2.23. The Bertz CT molecular complexity index is 728. The Hall–Kier alpha value is -1.42. The highest BCUT2D eigenvalue weighted by Gasteiger charge is 2.15. The van der Waals surface area contributed by atoms with Gasteiger partial charge in [0.2, 0.25) is 0 Å². The summed E-state index contributed by atoms with van der Waals surface area (Å²) in [5.41, 5.74) is 3.65. The van der Waals surface area contributed by atoms with E-state index in [1.807, 2.05) is 29.9 Å². The average molecular weight is 392 g/mol. The zero-order valence-electron chi connectivity index (χ0n) is 14.1. The number of ether oxygens (including phenoxy) is 1. The summed E-state index contributed by atoms with van der Waals surface area (Å²) in [7, 11) is -1.09. The maximum absolute atomic E-state index is 9.13. The molecule has 2 aromatic rings. The van der Waals surface area contributed by atoms with Crippen molar-refractivity contribution in [2.75, 3.05) is 6.61 Å². The van der Waals surface area contributed by atoms with Gasteiger partial charge in [0.05, 0.1) is 23.5 Å². The highest BCUT2D eigenvalue weighted by Crippen LogP contribution is 2.31. The quantitative estimate of drug-likeness (QED) is 0.524. The molecule has 0 fully saturated rings. The summed E-state index contributed by atoms with van der Waals surface area (Å²) in [6, 6.07) is 8.90. The first-order chi connectivity index (χ1) is 10.8. The summed E-state index contributed by atoms with van der Waals surface area (Å²) in [6.07, 6.45) is 1.84. The van der Waals surface area contributed by atoms with E-state index in [0.717, 1.165) is 33.9 Å². The van der Waals surface area contributed by atoms with Crippen LogP contribution in [0.2, 0.25) is 25.7 Å². The van der Waals surface area contributed by atoms with Crippen molar-refractivity contribution < 1.29 is 4.74 Å². The minimum absolute atomic E-state index is 0.427. The van der Waals surface area contributed by atoms with E-state index in [9.17, 15) is 0 Å². The van der Waals surface area contributed by atoms with Crippen LogP contribution in [0, 0.1) is 18.3 Å². The van der Waals surface area contributed by atoms with Crippen LogP contribution in [0.25, 0.3) is 11.3 Å². The Morgan fingerprint density at radius 2 is 2.09 bits per heavy atom. The molecule has 4 nitrogen and oxygen atoms in total. The summed E-state index contributed by atoms with van der Waals surface area (Å²) >= 11 is 3.57. The third-order valence-electron chi connectivity index (χ3n) is 3.58. The first-order valence-electron chi connectivity index (χ1n) is 7.62. The summed E-state index contributed by atoms with van der Waals surface area (Å²) < 4.78 is 8.63. The van der Waals surface area contributed by atoms with Gasteiger partial charge in [-0.15, -0.1) is 0 Å². The fourth-order valence-corrected chi connectivity index (χ4v) is 3.42. The maximum atomic E-state index is 9.13. The molecular weight excluding hydrogens is 370 g/mol. The van der Waals surface area contributed by atoms with Gasteiger partial charge < -0.3 is 4.74 Å². The lowest BCUT2D eigenvalue weighted by Crippen LogP contribution is -2.22. The van der Waals surface area contributed by atoms with Crippen LogP contribution in [0.15, 0.2) is 28.9 Å². The van der Waals surface area contributed by atoms with Gasteiger partial charge in [0.1, 0.15) is 6.73 Å². The van der Waals surface area contributed by atoms with E-state index in [1.165, 1.54) is 0 Å². The number of nitrogens with zero attached hydrogens (tertiary/aromatic N) is 3. The highest BCUT2D eigenvalue weighted by molar-refractivity contribution is 9.10. The van der Waals surface area contributed by atoms with Gasteiger partial charge in [-0.05, 0) is 36.7 Å². The Balaban J connectivity index is 2.21. The lowest BCUT2D eigenvalue weighted by atomic mass is 10.1. The molecule has 0 aliphatic carbocycles. The van der Waals surface area contributed by atoms with Crippen molar-refractivity contribution >= 4 is 24.0 Å². The molecule has 0 spiro atoms. The van der Waals surface area contributed by atoms with E-state index in [4.69, 9.17) is 10.00 Å². The molecule has 0 saturated carbocycles. The van der Waals surface area contributed by atoms with E-state index in [0.29, 0.717) is 12.3 Å². The molecule has 0 aliphatic heterocycles. The number of nitriles is 1. The molecule has 0 unspecified atom stereocenters. The van der Waals surface area contributed by atoms with Crippen LogP contribution in [0.1, 0.15) is 11.1 Å². The van der Waals surface area contributed by atoms with Gasteiger partial charge in [0.25, 0.3) is 0 Å².